The Morgan fingerprint density at radius 2 is 1.40 bits per heavy atom. The van der Waals surface area contributed by atoms with Crippen LogP contribution in [-0.4, -0.2) is 5.97 Å². The molecular weight excluding hydrogens is 329 g/mol. The van der Waals surface area contributed by atoms with Crippen molar-refractivity contribution < 1.29 is 22.7 Å². The van der Waals surface area contributed by atoms with E-state index in [1.807, 2.05) is 6.92 Å². The predicted molar refractivity (Wildman–Crippen MR) is 90.9 cm³/mol. The van der Waals surface area contributed by atoms with Gasteiger partial charge in [0.05, 0.1) is 11.0 Å². The van der Waals surface area contributed by atoms with E-state index < -0.39 is 22.8 Å². The van der Waals surface area contributed by atoms with Gasteiger partial charge in [-0.25, -0.2) is 0 Å². The molecule has 1 fully saturated rings. The van der Waals surface area contributed by atoms with Gasteiger partial charge in [-0.15, -0.1) is 0 Å². The number of rotatable bonds is 3. The summed E-state index contributed by atoms with van der Waals surface area (Å²) < 4.78 is 44.5. The zero-order valence-corrected chi connectivity index (χ0v) is 15.4. The van der Waals surface area contributed by atoms with Gasteiger partial charge in [-0.1, -0.05) is 31.4 Å². The first-order valence-corrected chi connectivity index (χ1v) is 8.86. The molecule has 1 atom stereocenters. The largest absolute Gasteiger partial charge is 0.454 e. The fourth-order valence-electron chi connectivity index (χ4n) is 3.37. The smallest absolute Gasteiger partial charge is 0.416 e. The van der Waals surface area contributed by atoms with Gasteiger partial charge < -0.3 is 4.74 Å². The highest BCUT2D eigenvalue weighted by atomic mass is 19.4. The summed E-state index contributed by atoms with van der Waals surface area (Å²) in [6.07, 6.45) is 0.695. The van der Waals surface area contributed by atoms with E-state index in [-0.39, 0.29) is 11.9 Å². The zero-order valence-electron chi connectivity index (χ0n) is 15.4. The normalized spacial score (nSPS) is 19.3. The first kappa shape index (κ1) is 19.8. The summed E-state index contributed by atoms with van der Waals surface area (Å²) in [7, 11) is 0. The molecule has 1 unspecified atom stereocenters. The zero-order chi connectivity index (χ0) is 18.9. The first-order valence-electron chi connectivity index (χ1n) is 8.86. The van der Waals surface area contributed by atoms with Crippen LogP contribution in [0.4, 0.5) is 13.2 Å². The second kappa shape index (κ2) is 7.00. The van der Waals surface area contributed by atoms with Gasteiger partial charge >= 0.3 is 12.1 Å². The van der Waals surface area contributed by atoms with Crippen molar-refractivity contribution >= 4 is 5.97 Å². The Balaban J connectivity index is 2.38. The first-order chi connectivity index (χ1) is 11.4. The molecule has 0 spiro atoms. The second-order valence-corrected chi connectivity index (χ2v) is 8.16. The van der Waals surface area contributed by atoms with Crippen molar-refractivity contribution in [2.24, 2.45) is 11.3 Å². The third-order valence-corrected chi connectivity index (χ3v) is 5.09. The third-order valence-electron chi connectivity index (χ3n) is 5.09. The number of halogens is 3. The van der Waals surface area contributed by atoms with Gasteiger partial charge in [0, 0.05) is 5.92 Å². The number of alkyl halides is 3. The number of hydrogen-bond acceptors (Lipinski definition) is 2. The van der Waals surface area contributed by atoms with Gasteiger partial charge in [-0.3, -0.25) is 4.79 Å². The van der Waals surface area contributed by atoms with Crippen LogP contribution < -0.4 is 0 Å². The number of ether oxygens (including phenoxy) is 1. The summed E-state index contributed by atoms with van der Waals surface area (Å²) >= 11 is 0. The lowest BCUT2D eigenvalue weighted by atomic mass is 9.74. The van der Waals surface area contributed by atoms with Crippen LogP contribution in [0.5, 0.6) is 0 Å². The summed E-state index contributed by atoms with van der Waals surface area (Å²) in [6, 6.07) is 5.05. The summed E-state index contributed by atoms with van der Waals surface area (Å²) in [6.45, 7) is 7.19. The van der Waals surface area contributed by atoms with E-state index in [1.54, 1.807) is 20.8 Å². The molecule has 2 rings (SSSR count). The van der Waals surface area contributed by atoms with Gasteiger partial charge in [0.25, 0.3) is 0 Å². The van der Waals surface area contributed by atoms with Gasteiger partial charge in [-0.2, -0.15) is 13.2 Å². The molecule has 0 amide bonds. The highest BCUT2D eigenvalue weighted by Gasteiger charge is 2.42. The fourth-order valence-corrected chi connectivity index (χ4v) is 3.37. The molecule has 1 aliphatic carbocycles. The molecule has 0 bridgehead atoms. The van der Waals surface area contributed by atoms with E-state index in [1.165, 1.54) is 12.1 Å². The van der Waals surface area contributed by atoms with Crippen molar-refractivity contribution in [2.45, 2.75) is 71.6 Å². The van der Waals surface area contributed by atoms with Crippen molar-refractivity contribution in [1.82, 2.24) is 0 Å². The Labute approximate surface area is 147 Å². The van der Waals surface area contributed by atoms with Crippen molar-refractivity contribution in [2.75, 3.05) is 0 Å². The number of carbonyl (C=O) groups excluding carboxylic acids is 1. The number of hydrogen-bond donors (Lipinski definition) is 0. The van der Waals surface area contributed by atoms with Crippen LogP contribution in [0.25, 0.3) is 0 Å². The molecule has 1 saturated carbocycles. The van der Waals surface area contributed by atoms with Crippen molar-refractivity contribution in [3.63, 3.8) is 0 Å². The van der Waals surface area contributed by atoms with E-state index in [9.17, 15) is 18.0 Å². The Morgan fingerprint density at radius 1 is 0.920 bits per heavy atom. The minimum Gasteiger partial charge on any atom is -0.454 e. The lowest BCUT2D eigenvalue weighted by Crippen LogP contribution is -2.41. The van der Waals surface area contributed by atoms with Crippen molar-refractivity contribution in [3.8, 4) is 0 Å². The number of benzene rings is 1. The highest BCUT2D eigenvalue weighted by molar-refractivity contribution is 5.76. The van der Waals surface area contributed by atoms with Crippen molar-refractivity contribution in [1.29, 1.82) is 0 Å². The Kier molecular flexibility index (Phi) is 5.55. The van der Waals surface area contributed by atoms with Crippen LogP contribution in [0, 0.1) is 11.3 Å². The topological polar surface area (TPSA) is 26.3 Å². The Morgan fingerprint density at radius 3 is 1.84 bits per heavy atom. The average Bonchev–Trinajstić information content (AvgIpc) is 2.54. The van der Waals surface area contributed by atoms with E-state index in [4.69, 9.17) is 4.74 Å². The van der Waals surface area contributed by atoms with Crippen molar-refractivity contribution in [3.05, 3.63) is 35.4 Å². The molecule has 1 aliphatic rings. The third kappa shape index (κ3) is 4.56. The molecule has 25 heavy (non-hydrogen) atoms. The van der Waals surface area contributed by atoms with E-state index in [2.05, 4.69) is 0 Å². The quantitative estimate of drug-likeness (QED) is 0.613. The minimum absolute atomic E-state index is 0.115. The number of carbonyl (C=O) groups is 1. The summed E-state index contributed by atoms with van der Waals surface area (Å²) in [5.74, 6) is -0.218. The molecule has 0 N–H and O–H groups in total. The standard InChI is InChI=1S/C20H27F3O2/c1-18(2,3)17(24)25-19(4,14-8-6-5-7-9-14)15-10-12-16(13-11-15)20(21,22)23/h10-14H,5-9H2,1-4H3. The summed E-state index contributed by atoms with van der Waals surface area (Å²) in [5, 5.41) is 0. The monoisotopic (exact) mass is 356 g/mol. The maximum Gasteiger partial charge on any atom is 0.416 e. The molecule has 0 radical (unpaired) electrons. The molecule has 0 aromatic heterocycles. The van der Waals surface area contributed by atoms with Crippen LogP contribution in [0.1, 0.15) is 70.9 Å². The second-order valence-electron chi connectivity index (χ2n) is 8.16. The van der Waals surface area contributed by atoms with E-state index in [0.717, 1.165) is 44.2 Å². The van der Waals surface area contributed by atoms with Gasteiger partial charge in [0.15, 0.2) is 0 Å². The summed E-state index contributed by atoms with van der Waals surface area (Å²) in [5.41, 5.74) is -1.63. The maximum atomic E-state index is 12.9. The van der Waals surface area contributed by atoms with E-state index >= 15 is 0 Å². The lowest BCUT2D eigenvalue weighted by Gasteiger charge is -2.41. The fraction of sp³-hybridized carbons (Fsp3) is 0.650. The molecule has 0 heterocycles. The summed E-state index contributed by atoms with van der Waals surface area (Å²) in [4.78, 5) is 12.5. The van der Waals surface area contributed by atoms with E-state index in [0.29, 0.717) is 5.56 Å². The molecule has 1 aromatic carbocycles. The Bertz CT molecular complexity index is 593. The van der Waals surface area contributed by atoms with Crippen LogP contribution in [0.3, 0.4) is 0 Å². The molecule has 2 nitrogen and oxygen atoms in total. The molecule has 140 valence electrons. The van der Waals surface area contributed by atoms with Crippen LogP contribution in [0.15, 0.2) is 24.3 Å². The van der Waals surface area contributed by atoms with Gasteiger partial charge in [0.2, 0.25) is 0 Å². The van der Waals surface area contributed by atoms with Crippen LogP contribution >= 0.6 is 0 Å². The van der Waals surface area contributed by atoms with Gasteiger partial charge in [-0.05, 0) is 58.2 Å². The van der Waals surface area contributed by atoms with Crippen LogP contribution in [-0.2, 0) is 21.3 Å². The maximum absolute atomic E-state index is 12.9. The lowest BCUT2D eigenvalue weighted by molar-refractivity contribution is -0.177. The molecule has 0 saturated heterocycles. The molecule has 1 aromatic rings. The molecular formula is C20H27F3O2. The van der Waals surface area contributed by atoms with Crippen LogP contribution in [0.2, 0.25) is 0 Å². The Hall–Kier alpha value is -1.52. The molecule has 5 heteroatoms. The number of esters is 1. The average molecular weight is 356 g/mol. The van der Waals surface area contributed by atoms with Gasteiger partial charge in [0.1, 0.15) is 5.60 Å². The SMILES string of the molecule is CC(C)(C)C(=O)OC(C)(c1ccc(C(F)(F)F)cc1)C1CCCCC1. The molecule has 0 aliphatic heterocycles. The minimum atomic E-state index is -4.37. The highest BCUT2D eigenvalue weighted by Crippen LogP contribution is 2.43. The predicted octanol–water partition coefficient (Wildman–Crippen LogP) is 6.09.